The Kier molecular flexibility index (Phi) is 13.0. The van der Waals surface area contributed by atoms with Gasteiger partial charge in [0.15, 0.2) is 0 Å². The third kappa shape index (κ3) is 10.4. The first-order valence-electron chi connectivity index (χ1n) is 10.9. The van der Waals surface area contributed by atoms with Gasteiger partial charge in [-0.25, -0.2) is 0 Å². The molecule has 1 fully saturated rings. The Morgan fingerprint density at radius 1 is 0.609 bits per heavy atom. The Morgan fingerprint density at radius 2 is 1.04 bits per heavy atom. The minimum absolute atomic E-state index is 1.24. The van der Waals surface area contributed by atoms with E-state index >= 15 is 0 Å². The molecule has 0 unspecified atom stereocenters. The lowest BCUT2D eigenvalue weighted by Gasteiger charge is -2.33. The second kappa shape index (κ2) is 14.3. The lowest BCUT2D eigenvalue weighted by Crippen LogP contribution is -2.48. The van der Waals surface area contributed by atoms with Crippen molar-refractivity contribution in [3.05, 3.63) is 0 Å². The van der Waals surface area contributed by atoms with Crippen LogP contribution in [0.3, 0.4) is 0 Å². The molecule has 0 amide bonds. The number of rotatable bonds is 16. The second-order valence-corrected chi connectivity index (χ2v) is 7.91. The van der Waals surface area contributed by atoms with Gasteiger partial charge in [-0.05, 0) is 25.7 Å². The SMILES string of the molecule is CCCCCCCCC[N+]1(CCCCCCCCC)CCNC1. The zero-order valence-corrected chi connectivity index (χ0v) is 16.4. The average molecular weight is 326 g/mol. The van der Waals surface area contributed by atoms with Crippen LogP contribution in [0.25, 0.3) is 0 Å². The van der Waals surface area contributed by atoms with Gasteiger partial charge in [0.2, 0.25) is 0 Å². The standard InChI is InChI=1S/C21H45N2/c1-3-5-7-9-11-13-15-18-23(20-17-22-21-23)19-16-14-12-10-8-6-4-2/h22H,3-21H2,1-2H3/q+1. The van der Waals surface area contributed by atoms with Crippen molar-refractivity contribution in [1.29, 1.82) is 0 Å². The van der Waals surface area contributed by atoms with Crippen molar-refractivity contribution in [3.63, 3.8) is 0 Å². The summed E-state index contributed by atoms with van der Waals surface area (Å²) in [6.07, 6.45) is 20.2. The molecule has 0 radical (unpaired) electrons. The van der Waals surface area contributed by atoms with Crippen molar-refractivity contribution in [3.8, 4) is 0 Å². The van der Waals surface area contributed by atoms with Crippen molar-refractivity contribution in [2.75, 3.05) is 32.8 Å². The summed E-state index contributed by atoms with van der Waals surface area (Å²) in [5.74, 6) is 0. The highest BCUT2D eigenvalue weighted by atomic mass is 15.4. The summed E-state index contributed by atoms with van der Waals surface area (Å²) in [5, 5.41) is 3.62. The van der Waals surface area contributed by atoms with E-state index in [-0.39, 0.29) is 0 Å². The molecule has 0 aromatic rings. The van der Waals surface area contributed by atoms with Crippen molar-refractivity contribution >= 4 is 0 Å². The zero-order chi connectivity index (χ0) is 16.6. The van der Waals surface area contributed by atoms with Crippen LogP contribution in [0.5, 0.6) is 0 Å². The fourth-order valence-electron chi connectivity index (χ4n) is 4.01. The highest BCUT2D eigenvalue weighted by Gasteiger charge is 2.30. The summed E-state index contributed by atoms with van der Waals surface area (Å²) in [6.45, 7) is 11.3. The van der Waals surface area contributed by atoms with Crippen LogP contribution in [-0.2, 0) is 0 Å². The molecule has 1 heterocycles. The molecule has 0 atom stereocenters. The first-order valence-corrected chi connectivity index (χ1v) is 10.9. The maximum absolute atomic E-state index is 3.62. The van der Waals surface area contributed by atoms with Crippen LogP contribution in [0.1, 0.15) is 104 Å². The van der Waals surface area contributed by atoms with Crippen molar-refractivity contribution in [2.24, 2.45) is 0 Å². The van der Waals surface area contributed by atoms with E-state index in [1.54, 1.807) is 0 Å². The van der Waals surface area contributed by atoms with E-state index in [2.05, 4.69) is 19.2 Å². The van der Waals surface area contributed by atoms with Gasteiger partial charge < -0.3 is 4.48 Å². The van der Waals surface area contributed by atoms with Crippen LogP contribution < -0.4 is 5.32 Å². The Labute approximate surface area is 147 Å². The Balaban J connectivity index is 2.05. The molecule has 1 aliphatic heterocycles. The molecule has 2 heteroatoms. The molecule has 0 spiro atoms. The van der Waals surface area contributed by atoms with E-state index in [1.807, 2.05) is 0 Å². The molecule has 23 heavy (non-hydrogen) atoms. The Hall–Kier alpha value is -0.0800. The monoisotopic (exact) mass is 325 g/mol. The number of nitrogens with one attached hydrogen (secondary N) is 1. The summed E-state index contributed by atoms with van der Waals surface area (Å²) in [6, 6.07) is 0. The number of nitrogens with zero attached hydrogens (tertiary/aromatic N) is 1. The first kappa shape index (κ1) is 21.0. The van der Waals surface area contributed by atoms with Crippen molar-refractivity contribution in [1.82, 2.24) is 5.32 Å². The molecule has 1 rings (SSSR count). The predicted octanol–water partition coefficient (Wildman–Crippen LogP) is 5.87. The number of unbranched alkanes of at least 4 members (excludes halogenated alkanes) is 12. The summed E-state index contributed by atoms with van der Waals surface area (Å²) in [4.78, 5) is 0. The quantitative estimate of drug-likeness (QED) is 0.276. The highest BCUT2D eigenvalue weighted by molar-refractivity contribution is 4.57. The maximum Gasteiger partial charge on any atom is 0.132 e. The van der Waals surface area contributed by atoms with Gasteiger partial charge >= 0.3 is 0 Å². The maximum atomic E-state index is 3.62. The fraction of sp³-hybridized carbons (Fsp3) is 1.00. The zero-order valence-electron chi connectivity index (χ0n) is 16.4. The predicted molar refractivity (Wildman–Crippen MR) is 104 cm³/mol. The van der Waals surface area contributed by atoms with Crippen molar-refractivity contribution in [2.45, 2.75) is 104 Å². The third-order valence-corrected chi connectivity index (χ3v) is 5.68. The van der Waals surface area contributed by atoms with Gasteiger partial charge in [0.05, 0.1) is 19.6 Å². The molecule has 1 saturated heterocycles. The molecule has 0 bridgehead atoms. The van der Waals surface area contributed by atoms with Crippen LogP contribution in [0.2, 0.25) is 0 Å². The topological polar surface area (TPSA) is 12.0 Å². The summed E-state index contributed by atoms with van der Waals surface area (Å²) < 4.78 is 1.38. The van der Waals surface area contributed by atoms with Crippen LogP contribution in [0.15, 0.2) is 0 Å². The van der Waals surface area contributed by atoms with Crippen molar-refractivity contribution < 1.29 is 4.48 Å². The van der Waals surface area contributed by atoms with E-state index in [0.29, 0.717) is 0 Å². The fourth-order valence-corrected chi connectivity index (χ4v) is 4.01. The van der Waals surface area contributed by atoms with Gasteiger partial charge in [-0.2, -0.15) is 0 Å². The molecule has 138 valence electrons. The second-order valence-electron chi connectivity index (χ2n) is 7.91. The number of hydrogen-bond acceptors (Lipinski definition) is 1. The summed E-state index contributed by atoms with van der Waals surface area (Å²) in [7, 11) is 0. The molecule has 1 aliphatic rings. The minimum atomic E-state index is 1.24. The van der Waals surface area contributed by atoms with Gasteiger partial charge in [0, 0.05) is 6.54 Å². The smallest absolute Gasteiger partial charge is 0.132 e. The Bertz CT molecular complexity index is 226. The van der Waals surface area contributed by atoms with Crippen LogP contribution in [0.4, 0.5) is 0 Å². The van der Waals surface area contributed by atoms with Gasteiger partial charge in [0.1, 0.15) is 6.67 Å². The first-order chi connectivity index (χ1) is 11.3. The molecular weight excluding hydrogens is 280 g/mol. The molecule has 0 aromatic heterocycles. The largest absolute Gasteiger partial charge is 0.310 e. The lowest BCUT2D eigenvalue weighted by molar-refractivity contribution is -0.917. The van der Waals surface area contributed by atoms with E-state index in [0.717, 1.165) is 0 Å². The minimum Gasteiger partial charge on any atom is -0.310 e. The summed E-state index contributed by atoms with van der Waals surface area (Å²) >= 11 is 0. The van der Waals surface area contributed by atoms with Crippen LogP contribution >= 0.6 is 0 Å². The third-order valence-electron chi connectivity index (χ3n) is 5.68. The lowest BCUT2D eigenvalue weighted by atomic mass is 10.1. The molecule has 1 N–H and O–H groups in total. The molecular formula is C21H45N2+. The molecule has 2 nitrogen and oxygen atoms in total. The van der Waals surface area contributed by atoms with Crippen LogP contribution in [-0.4, -0.2) is 37.3 Å². The van der Waals surface area contributed by atoms with E-state index in [1.165, 1.54) is 127 Å². The Morgan fingerprint density at radius 3 is 1.43 bits per heavy atom. The average Bonchev–Trinajstić information content (AvgIpc) is 3.02. The highest BCUT2D eigenvalue weighted by Crippen LogP contribution is 2.17. The van der Waals surface area contributed by atoms with Gasteiger partial charge in [-0.1, -0.05) is 78.1 Å². The van der Waals surface area contributed by atoms with Crippen LogP contribution in [0, 0.1) is 0 Å². The molecule has 0 aromatic carbocycles. The number of hydrogen-bond donors (Lipinski definition) is 1. The van der Waals surface area contributed by atoms with E-state index in [4.69, 9.17) is 0 Å². The van der Waals surface area contributed by atoms with E-state index < -0.39 is 0 Å². The normalized spacial score (nSPS) is 17.0. The summed E-state index contributed by atoms with van der Waals surface area (Å²) in [5.41, 5.74) is 0. The van der Waals surface area contributed by atoms with Gasteiger partial charge in [-0.15, -0.1) is 0 Å². The molecule has 0 saturated carbocycles. The van der Waals surface area contributed by atoms with Gasteiger partial charge in [0.25, 0.3) is 0 Å². The number of quaternary nitrogens is 1. The molecule has 0 aliphatic carbocycles. The van der Waals surface area contributed by atoms with E-state index in [9.17, 15) is 0 Å². The van der Waals surface area contributed by atoms with Gasteiger partial charge in [-0.3, -0.25) is 5.32 Å².